The Balaban J connectivity index is 1.64. The molecule has 6 heteroatoms. The molecule has 0 spiro atoms. The van der Waals surface area contributed by atoms with Crippen LogP contribution in [0.1, 0.15) is 21.5 Å². The van der Waals surface area contributed by atoms with Crippen LogP contribution < -0.4 is 10.2 Å². The second kappa shape index (κ2) is 8.67. The number of benzene rings is 3. The smallest absolute Gasteiger partial charge is 0.272 e. The molecule has 4 rings (SSSR count). The molecule has 0 saturated carbocycles. The number of rotatable bonds is 5. The SMILES string of the molecule is COc1cc(C=NNC(=O)c2cc(-c3ccc(C)cc3)nc3ccccc23)ccc1O. The molecule has 0 aliphatic carbocycles. The number of hydrogen-bond donors (Lipinski definition) is 2. The molecule has 0 atom stereocenters. The van der Waals surface area contributed by atoms with E-state index >= 15 is 0 Å². The highest BCUT2D eigenvalue weighted by atomic mass is 16.5. The molecule has 4 aromatic rings. The summed E-state index contributed by atoms with van der Waals surface area (Å²) in [5.41, 5.74) is 7.29. The summed E-state index contributed by atoms with van der Waals surface area (Å²) in [6.07, 6.45) is 1.49. The number of nitrogens with zero attached hydrogens (tertiary/aromatic N) is 2. The maximum absolute atomic E-state index is 12.9. The second-order valence-corrected chi connectivity index (χ2v) is 7.07. The molecule has 1 heterocycles. The van der Waals surface area contributed by atoms with E-state index in [4.69, 9.17) is 9.72 Å². The Morgan fingerprint density at radius 3 is 2.61 bits per heavy atom. The third kappa shape index (κ3) is 4.38. The average molecular weight is 411 g/mol. The number of amides is 1. The van der Waals surface area contributed by atoms with Crippen LogP contribution in [0, 0.1) is 6.92 Å². The van der Waals surface area contributed by atoms with Gasteiger partial charge in [-0.3, -0.25) is 4.79 Å². The van der Waals surface area contributed by atoms with E-state index < -0.39 is 0 Å². The topological polar surface area (TPSA) is 83.8 Å². The third-order valence-electron chi connectivity index (χ3n) is 4.89. The number of carbonyl (C=O) groups is 1. The number of phenols is 1. The van der Waals surface area contributed by atoms with E-state index in [-0.39, 0.29) is 11.7 Å². The van der Waals surface area contributed by atoms with Crippen LogP contribution in [0.25, 0.3) is 22.2 Å². The number of carbonyl (C=O) groups excluding carboxylic acids is 1. The van der Waals surface area contributed by atoms with E-state index in [0.29, 0.717) is 16.9 Å². The van der Waals surface area contributed by atoms with Gasteiger partial charge < -0.3 is 9.84 Å². The van der Waals surface area contributed by atoms with Crippen LogP contribution in [0.15, 0.2) is 77.9 Å². The van der Waals surface area contributed by atoms with Gasteiger partial charge in [-0.25, -0.2) is 10.4 Å². The lowest BCUT2D eigenvalue weighted by atomic mass is 10.0. The maximum atomic E-state index is 12.9. The summed E-state index contributed by atoms with van der Waals surface area (Å²) in [6.45, 7) is 2.03. The van der Waals surface area contributed by atoms with Crippen molar-refractivity contribution in [3.8, 4) is 22.8 Å². The minimum Gasteiger partial charge on any atom is -0.504 e. The van der Waals surface area contributed by atoms with Gasteiger partial charge in [-0.2, -0.15) is 5.10 Å². The second-order valence-electron chi connectivity index (χ2n) is 7.07. The fourth-order valence-corrected chi connectivity index (χ4v) is 3.24. The number of para-hydroxylation sites is 1. The van der Waals surface area contributed by atoms with Gasteiger partial charge in [-0.1, -0.05) is 48.0 Å². The molecular formula is C25H21N3O3. The summed E-state index contributed by atoms with van der Waals surface area (Å²) in [5, 5.41) is 14.5. The molecule has 1 aromatic heterocycles. The van der Waals surface area contributed by atoms with Gasteiger partial charge in [0, 0.05) is 10.9 Å². The summed E-state index contributed by atoms with van der Waals surface area (Å²) in [5.74, 6) is 0.0303. The normalized spacial score (nSPS) is 11.0. The van der Waals surface area contributed by atoms with E-state index in [2.05, 4.69) is 10.5 Å². The molecule has 31 heavy (non-hydrogen) atoms. The van der Waals surface area contributed by atoms with Crippen LogP contribution in [0.2, 0.25) is 0 Å². The van der Waals surface area contributed by atoms with Crippen LogP contribution in [-0.4, -0.2) is 29.3 Å². The highest BCUT2D eigenvalue weighted by molar-refractivity contribution is 6.07. The summed E-state index contributed by atoms with van der Waals surface area (Å²) in [4.78, 5) is 17.7. The zero-order valence-corrected chi connectivity index (χ0v) is 17.2. The number of hydrazone groups is 1. The molecular weight excluding hydrogens is 390 g/mol. The predicted molar refractivity (Wildman–Crippen MR) is 122 cm³/mol. The summed E-state index contributed by atoms with van der Waals surface area (Å²) < 4.78 is 5.09. The van der Waals surface area contributed by atoms with Crippen molar-refractivity contribution in [3.63, 3.8) is 0 Å². The van der Waals surface area contributed by atoms with Gasteiger partial charge in [0.25, 0.3) is 5.91 Å². The molecule has 0 unspecified atom stereocenters. The number of phenolic OH excluding ortho intramolecular Hbond substituents is 1. The Hall–Kier alpha value is -4.19. The van der Waals surface area contributed by atoms with Gasteiger partial charge in [0.05, 0.1) is 30.1 Å². The van der Waals surface area contributed by atoms with Gasteiger partial charge in [0.2, 0.25) is 0 Å². The van der Waals surface area contributed by atoms with Gasteiger partial charge in [-0.05, 0) is 42.8 Å². The van der Waals surface area contributed by atoms with E-state index in [1.54, 1.807) is 18.2 Å². The molecule has 1 amide bonds. The first kappa shape index (κ1) is 20.1. The lowest BCUT2D eigenvalue weighted by Crippen LogP contribution is -2.18. The zero-order valence-electron chi connectivity index (χ0n) is 17.2. The largest absolute Gasteiger partial charge is 0.504 e. The van der Waals surface area contributed by atoms with E-state index in [0.717, 1.165) is 27.7 Å². The Labute approximate surface area is 179 Å². The molecule has 0 saturated heterocycles. The number of hydrogen-bond acceptors (Lipinski definition) is 5. The van der Waals surface area contributed by atoms with Crippen molar-refractivity contribution < 1.29 is 14.6 Å². The minimum atomic E-state index is -0.339. The summed E-state index contributed by atoms with van der Waals surface area (Å²) in [6, 6.07) is 22.1. The van der Waals surface area contributed by atoms with Gasteiger partial charge in [0.1, 0.15) is 0 Å². The van der Waals surface area contributed by atoms with Crippen molar-refractivity contribution in [3.05, 3.63) is 89.5 Å². The molecule has 2 N–H and O–H groups in total. The standard InChI is InChI=1S/C25H21N3O3/c1-16-7-10-18(11-8-16)22-14-20(19-5-3-4-6-21(19)27-22)25(30)28-26-15-17-9-12-23(29)24(13-17)31-2/h3-15,29H,1-2H3,(H,28,30). The fraction of sp³-hybridized carbons (Fsp3) is 0.0800. The first-order valence-electron chi connectivity index (χ1n) is 9.72. The number of aryl methyl sites for hydroxylation is 1. The Morgan fingerprint density at radius 2 is 1.84 bits per heavy atom. The fourth-order valence-electron chi connectivity index (χ4n) is 3.24. The molecule has 0 bridgehead atoms. The minimum absolute atomic E-state index is 0.0376. The van der Waals surface area contributed by atoms with Gasteiger partial charge >= 0.3 is 0 Å². The molecule has 0 radical (unpaired) electrons. The first-order chi connectivity index (χ1) is 15.0. The van der Waals surface area contributed by atoms with E-state index in [9.17, 15) is 9.90 Å². The third-order valence-corrected chi connectivity index (χ3v) is 4.89. The lowest BCUT2D eigenvalue weighted by Gasteiger charge is -2.09. The number of fused-ring (bicyclic) bond motifs is 1. The molecule has 6 nitrogen and oxygen atoms in total. The highest BCUT2D eigenvalue weighted by Gasteiger charge is 2.13. The van der Waals surface area contributed by atoms with Crippen molar-refractivity contribution in [1.82, 2.24) is 10.4 Å². The van der Waals surface area contributed by atoms with E-state index in [1.807, 2.05) is 55.5 Å². The number of aromatic hydroxyl groups is 1. The van der Waals surface area contributed by atoms with Crippen LogP contribution in [0.5, 0.6) is 11.5 Å². The molecule has 154 valence electrons. The van der Waals surface area contributed by atoms with Gasteiger partial charge in [-0.15, -0.1) is 0 Å². The monoisotopic (exact) mass is 411 g/mol. The van der Waals surface area contributed by atoms with Crippen molar-refractivity contribution in [2.45, 2.75) is 6.92 Å². The number of ether oxygens (including phenoxy) is 1. The Kier molecular flexibility index (Phi) is 5.62. The number of aromatic nitrogens is 1. The van der Waals surface area contributed by atoms with Crippen molar-refractivity contribution in [2.75, 3.05) is 7.11 Å². The van der Waals surface area contributed by atoms with Crippen LogP contribution in [0.4, 0.5) is 0 Å². The van der Waals surface area contributed by atoms with Crippen molar-refractivity contribution in [1.29, 1.82) is 0 Å². The zero-order chi connectivity index (χ0) is 21.8. The predicted octanol–water partition coefficient (Wildman–Crippen LogP) is 4.69. The van der Waals surface area contributed by atoms with Crippen LogP contribution >= 0.6 is 0 Å². The average Bonchev–Trinajstić information content (AvgIpc) is 2.79. The molecule has 0 aliphatic rings. The van der Waals surface area contributed by atoms with Crippen molar-refractivity contribution in [2.24, 2.45) is 5.10 Å². The number of nitrogens with one attached hydrogen (secondary N) is 1. The van der Waals surface area contributed by atoms with Gasteiger partial charge in [0.15, 0.2) is 11.5 Å². The van der Waals surface area contributed by atoms with E-state index in [1.165, 1.54) is 19.4 Å². The highest BCUT2D eigenvalue weighted by Crippen LogP contribution is 2.26. The summed E-state index contributed by atoms with van der Waals surface area (Å²) in [7, 11) is 1.47. The lowest BCUT2D eigenvalue weighted by molar-refractivity contribution is 0.0956. The van der Waals surface area contributed by atoms with Crippen LogP contribution in [-0.2, 0) is 0 Å². The first-order valence-corrected chi connectivity index (χ1v) is 9.72. The molecule has 0 aliphatic heterocycles. The number of pyridine rings is 1. The maximum Gasteiger partial charge on any atom is 0.272 e. The Morgan fingerprint density at radius 1 is 1.06 bits per heavy atom. The quantitative estimate of drug-likeness (QED) is 0.369. The summed E-state index contributed by atoms with van der Waals surface area (Å²) >= 11 is 0. The van der Waals surface area contributed by atoms with Crippen molar-refractivity contribution >= 4 is 23.0 Å². The van der Waals surface area contributed by atoms with Crippen LogP contribution in [0.3, 0.4) is 0 Å². The molecule has 3 aromatic carbocycles. The molecule has 0 fully saturated rings. The number of methoxy groups -OCH3 is 1. The Bertz CT molecular complexity index is 1280.